The van der Waals surface area contributed by atoms with E-state index in [2.05, 4.69) is 0 Å². The van der Waals surface area contributed by atoms with Crippen LogP contribution in [0.1, 0.15) is 36.0 Å². The normalized spacial score (nSPS) is 20.4. The number of rotatable bonds is 3. The van der Waals surface area contributed by atoms with Crippen molar-refractivity contribution in [2.45, 2.75) is 31.9 Å². The van der Waals surface area contributed by atoms with Crippen LogP contribution in [-0.2, 0) is 12.6 Å². The predicted octanol–water partition coefficient (Wildman–Crippen LogP) is 5.49. The van der Waals surface area contributed by atoms with E-state index in [1.165, 1.54) is 12.1 Å². The number of para-hydroxylation sites is 1. The third-order valence-electron chi connectivity index (χ3n) is 5.18. The van der Waals surface area contributed by atoms with Gasteiger partial charge in [0.2, 0.25) is 6.54 Å². The lowest BCUT2D eigenvalue weighted by atomic mass is 9.79. The third-order valence-corrected chi connectivity index (χ3v) is 5.18. The summed E-state index contributed by atoms with van der Waals surface area (Å²) in [6.45, 7) is 2.12. The molecule has 3 nitrogen and oxygen atoms in total. The molecule has 3 rings (SSSR count). The molecule has 0 fully saturated rings. The zero-order valence-electron chi connectivity index (χ0n) is 14.7. The topological polar surface area (TPSA) is 29.3 Å². The molecule has 0 radical (unpaired) electrons. The van der Waals surface area contributed by atoms with Crippen molar-refractivity contribution in [1.29, 1.82) is 0 Å². The van der Waals surface area contributed by atoms with Gasteiger partial charge in [-0.15, -0.1) is 0 Å². The standard InChI is InChI=1S/C20H21F3NO2/c1-3-13-12-24(25)18-9-6-8-17(20(21,22)23)16(18)11-15(13)14-7-4-5-10-19(14)26-2/h4-10,13,15H,3,11-12H2,1-2H3/q+1/t13-,15+/m0/s1. The van der Waals surface area contributed by atoms with Crippen molar-refractivity contribution in [3.8, 4) is 5.75 Å². The highest BCUT2D eigenvalue weighted by molar-refractivity contribution is 5.49. The SMILES string of the molecule is CC[C@H]1C[N+](=O)c2cccc(C(F)(F)F)c2C[C@H]1c1ccccc1OC. The summed E-state index contributed by atoms with van der Waals surface area (Å²) in [6.07, 6.45) is -3.65. The Balaban J connectivity index is 2.17. The average Bonchev–Trinajstić information content (AvgIpc) is 2.77. The molecule has 1 aliphatic rings. The van der Waals surface area contributed by atoms with Crippen molar-refractivity contribution in [2.24, 2.45) is 5.92 Å². The maximum absolute atomic E-state index is 13.5. The smallest absolute Gasteiger partial charge is 0.416 e. The molecule has 2 aromatic rings. The summed E-state index contributed by atoms with van der Waals surface area (Å²) in [5.41, 5.74) is 0.310. The molecule has 1 aliphatic heterocycles. The van der Waals surface area contributed by atoms with Crippen LogP contribution in [0.4, 0.5) is 18.9 Å². The first-order chi connectivity index (χ1) is 12.4. The highest BCUT2D eigenvalue weighted by Crippen LogP contribution is 2.44. The minimum atomic E-state index is -4.50. The van der Waals surface area contributed by atoms with Crippen molar-refractivity contribution in [1.82, 2.24) is 0 Å². The molecule has 1 heterocycles. The zero-order chi connectivity index (χ0) is 18.9. The van der Waals surface area contributed by atoms with Gasteiger partial charge < -0.3 is 4.74 Å². The van der Waals surface area contributed by atoms with Gasteiger partial charge in [-0.05, 0) is 30.5 Å². The maximum atomic E-state index is 13.5. The van der Waals surface area contributed by atoms with E-state index >= 15 is 0 Å². The largest absolute Gasteiger partial charge is 0.496 e. The van der Waals surface area contributed by atoms with Crippen LogP contribution in [0, 0.1) is 10.8 Å². The molecule has 2 aromatic carbocycles. The molecule has 0 bridgehead atoms. The molecule has 0 spiro atoms. The van der Waals surface area contributed by atoms with Gasteiger partial charge >= 0.3 is 6.18 Å². The monoisotopic (exact) mass is 364 g/mol. The summed E-state index contributed by atoms with van der Waals surface area (Å²) < 4.78 is 46.8. The highest BCUT2D eigenvalue weighted by atomic mass is 19.4. The fourth-order valence-corrected chi connectivity index (χ4v) is 3.86. The van der Waals surface area contributed by atoms with E-state index in [9.17, 15) is 18.1 Å². The Morgan fingerprint density at radius 2 is 1.88 bits per heavy atom. The van der Waals surface area contributed by atoms with Crippen LogP contribution in [0.3, 0.4) is 0 Å². The van der Waals surface area contributed by atoms with E-state index in [1.807, 2.05) is 25.1 Å². The van der Waals surface area contributed by atoms with Crippen LogP contribution in [0.2, 0.25) is 0 Å². The van der Waals surface area contributed by atoms with Crippen LogP contribution >= 0.6 is 0 Å². The van der Waals surface area contributed by atoms with Gasteiger partial charge in [0, 0.05) is 33.1 Å². The average molecular weight is 364 g/mol. The molecule has 0 aromatic heterocycles. The minimum absolute atomic E-state index is 0.0712. The van der Waals surface area contributed by atoms with Crippen molar-refractivity contribution < 1.29 is 22.7 Å². The summed E-state index contributed by atoms with van der Waals surface area (Å²) in [7, 11) is 1.55. The molecule has 6 heteroatoms. The Hall–Kier alpha value is -2.37. The molecule has 0 saturated carbocycles. The van der Waals surface area contributed by atoms with Gasteiger partial charge in [0.15, 0.2) is 0 Å². The number of benzene rings is 2. The number of nitrogens with zero attached hydrogens (tertiary/aromatic N) is 1. The zero-order valence-corrected chi connectivity index (χ0v) is 14.7. The number of alkyl halides is 3. The fraction of sp³-hybridized carbons (Fsp3) is 0.400. The predicted molar refractivity (Wildman–Crippen MR) is 92.8 cm³/mol. The number of fused-ring (bicyclic) bond motifs is 1. The first-order valence-corrected chi connectivity index (χ1v) is 8.63. The number of hydrogen-bond acceptors (Lipinski definition) is 2. The summed E-state index contributed by atoms with van der Waals surface area (Å²) >= 11 is 0. The molecule has 0 saturated heterocycles. The molecule has 0 amide bonds. The molecular weight excluding hydrogens is 343 g/mol. The molecule has 0 aliphatic carbocycles. The van der Waals surface area contributed by atoms with Gasteiger partial charge in [-0.3, -0.25) is 0 Å². The fourth-order valence-electron chi connectivity index (χ4n) is 3.86. The van der Waals surface area contributed by atoms with Gasteiger partial charge in [-0.1, -0.05) is 31.2 Å². The number of nitroso groups, excluding NO2 is 1. The van der Waals surface area contributed by atoms with Crippen molar-refractivity contribution in [2.75, 3.05) is 13.7 Å². The third kappa shape index (κ3) is 3.32. The Kier molecular flexibility index (Phi) is 5.03. The van der Waals surface area contributed by atoms with Gasteiger partial charge in [0.25, 0.3) is 5.69 Å². The molecule has 138 valence electrons. The Labute approximate surface area is 150 Å². The van der Waals surface area contributed by atoms with Crippen LogP contribution in [0.25, 0.3) is 0 Å². The van der Waals surface area contributed by atoms with E-state index in [0.29, 0.717) is 16.9 Å². The number of halogens is 3. The number of hydrogen-bond donors (Lipinski definition) is 0. The first-order valence-electron chi connectivity index (χ1n) is 8.63. The summed E-state index contributed by atoms with van der Waals surface area (Å²) in [5.74, 6) is 0.343. The molecular formula is C20H21F3NO2+. The second-order valence-electron chi connectivity index (χ2n) is 6.58. The van der Waals surface area contributed by atoms with E-state index in [-0.39, 0.29) is 36.1 Å². The second kappa shape index (κ2) is 7.09. The van der Waals surface area contributed by atoms with Crippen LogP contribution in [0.5, 0.6) is 5.75 Å². The van der Waals surface area contributed by atoms with Crippen molar-refractivity contribution in [3.05, 3.63) is 64.1 Å². The molecule has 2 atom stereocenters. The molecule has 0 N–H and O–H groups in total. The first kappa shape index (κ1) is 18.4. The summed E-state index contributed by atoms with van der Waals surface area (Å²) in [4.78, 5) is 12.6. The van der Waals surface area contributed by atoms with E-state index in [0.717, 1.165) is 11.6 Å². The van der Waals surface area contributed by atoms with Crippen LogP contribution in [0.15, 0.2) is 42.5 Å². The van der Waals surface area contributed by atoms with E-state index in [1.54, 1.807) is 13.2 Å². The highest BCUT2D eigenvalue weighted by Gasteiger charge is 2.42. The Bertz CT molecular complexity index is 817. The van der Waals surface area contributed by atoms with Gasteiger partial charge in [0.05, 0.1) is 12.7 Å². The van der Waals surface area contributed by atoms with Gasteiger partial charge in [0.1, 0.15) is 5.75 Å². The maximum Gasteiger partial charge on any atom is 0.416 e. The van der Waals surface area contributed by atoms with E-state index < -0.39 is 11.7 Å². The summed E-state index contributed by atoms with van der Waals surface area (Å²) in [6, 6.07) is 11.2. The quantitative estimate of drug-likeness (QED) is 0.674. The van der Waals surface area contributed by atoms with Crippen molar-refractivity contribution >= 4 is 5.69 Å². The van der Waals surface area contributed by atoms with E-state index in [4.69, 9.17) is 4.74 Å². The molecule has 0 unspecified atom stereocenters. The number of methoxy groups -OCH3 is 1. The lowest BCUT2D eigenvalue weighted by molar-refractivity contribution is -0.471. The lowest BCUT2D eigenvalue weighted by Gasteiger charge is -2.24. The Morgan fingerprint density at radius 1 is 1.15 bits per heavy atom. The second-order valence-corrected chi connectivity index (χ2v) is 6.58. The van der Waals surface area contributed by atoms with Gasteiger partial charge in [-0.2, -0.15) is 13.2 Å². The summed E-state index contributed by atoms with van der Waals surface area (Å²) in [5, 5.41) is 0. The van der Waals surface area contributed by atoms with Gasteiger partial charge in [-0.25, -0.2) is 0 Å². The number of ether oxygens (including phenoxy) is 1. The minimum Gasteiger partial charge on any atom is -0.496 e. The lowest BCUT2D eigenvalue weighted by Crippen LogP contribution is -2.20. The molecule has 26 heavy (non-hydrogen) atoms. The Morgan fingerprint density at radius 3 is 2.54 bits per heavy atom. The van der Waals surface area contributed by atoms with Crippen LogP contribution in [-0.4, -0.2) is 18.4 Å². The van der Waals surface area contributed by atoms with Crippen molar-refractivity contribution in [3.63, 3.8) is 0 Å². The van der Waals surface area contributed by atoms with Crippen LogP contribution < -0.4 is 4.74 Å².